The molecule has 5 atom stereocenters. The highest BCUT2D eigenvalue weighted by Gasteiger charge is 2.37. The molecule has 7 heteroatoms. The van der Waals surface area contributed by atoms with Crippen molar-refractivity contribution in [1.82, 2.24) is 5.32 Å². The molecule has 1 saturated heterocycles. The minimum atomic E-state index is -1.10. The molecule has 7 nitrogen and oxygen atoms in total. The van der Waals surface area contributed by atoms with E-state index in [1.165, 1.54) is 6.08 Å². The number of ether oxygens (including phenoxy) is 2. The molecule has 1 amide bonds. The van der Waals surface area contributed by atoms with Crippen molar-refractivity contribution in [1.29, 1.82) is 0 Å². The Kier molecular flexibility index (Phi) is 9.46. The third-order valence-electron chi connectivity index (χ3n) is 3.79. The van der Waals surface area contributed by atoms with Gasteiger partial charge >= 0.3 is 0 Å². The van der Waals surface area contributed by atoms with Gasteiger partial charge in [0.2, 0.25) is 5.91 Å². The number of allylic oxidation sites excluding steroid dienone is 1. The van der Waals surface area contributed by atoms with Gasteiger partial charge in [-0.1, -0.05) is 19.9 Å². The lowest BCUT2D eigenvalue weighted by Crippen LogP contribution is -2.51. The molecule has 1 rings (SSSR count). The summed E-state index contributed by atoms with van der Waals surface area (Å²) in [5.41, 5.74) is 0. The normalized spacial score (nSPS) is 29.1. The number of carbonyl (C=O) groups is 1. The van der Waals surface area contributed by atoms with E-state index in [-0.39, 0.29) is 25.0 Å². The molecule has 0 saturated carbocycles. The molecule has 0 spiro atoms. The van der Waals surface area contributed by atoms with Crippen LogP contribution in [0.2, 0.25) is 0 Å². The number of hydrogen-bond acceptors (Lipinski definition) is 6. The van der Waals surface area contributed by atoms with Gasteiger partial charge in [-0.15, -0.1) is 0 Å². The molecule has 0 aromatic rings. The van der Waals surface area contributed by atoms with Gasteiger partial charge in [0.25, 0.3) is 0 Å². The van der Waals surface area contributed by atoms with Crippen LogP contribution in [-0.2, 0) is 14.3 Å². The summed E-state index contributed by atoms with van der Waals surface area (Å²) in [6, 6.07) is 0. The fourth-order valence-electron chi connectivity index (χ4n) is 2.37. The van der Waals surface area contributed by atoms with Crippen LogP contribution in [0.5, 0.6) is 0 Å². The summed E-state index contributed by atoms with van der Waals surface area (Å²) >= 11 is 0. The SMILES string of the molecule is CC(C)CNC(=O)/C=C/CC[C@@H](C)O[C@H]1C[C@H](O)[C@@H](O)[C@H](CO)O1. The number of aliphatic hydroxyl groups is 3. The lowest BCUT2D eigenvalue weighted by molar-refractivity contribution is -0.267. The van der Waals surface area contributed by atoms with Gasteiger partial charge in [0.1, 0.15) is 12.2 Å². The highest BCUT2D eigenvalue weighted by Crippen LogP contribution is 2.22. The Bertz CT molecular complexity index is 401. The molecule has 1 fully saturated rings. The average molecular weight is 345 g/mol. The van der Waals surface area contributed by atoms with Crippen molar-refractivity contribution < 1.29 is 29.6 Å². The van der Waals surface area contributed by atoms with Crippen LogP contribution < -0.4 is 5.32 Å². The van der Waals surface area contributed by atoms with Crippen molar-refractivity contribution in [2.75, 3.05) is 13.2 Å². The van der Waals surface area contributed by atoms with E-state index in [1.54, 1.807) is 6.08 Å². The summed E-state index contributed by atoms with van der Waals surface area (Å²) in [7, 11) is 0. The van der Waals surface area contributed by atoms with E-state index < -0.39 is 24.6 Å². The highest BCUT2D eigenvalue weighted by atomic mass is 16.7. The third kappa shape index (κ3) is 7.72. The number of nitrogens with one attached hydrogen (secondary N) is 1. The number of hydrogen-bond donors (Lipinski definition) is 4. The first-order valence-corrected chi connectivity index (χ1v) is 8.55. The van der Waals surface area contributed by atoms with Gasteiger partial charge in [0.15, 0.2) is 6.29 Å². The summed E-state index contributed by atoms with van der Waals surface area (Å²) in [4.78, 5) is 11.5. The number of rotatable bonds is 9. The van der Waals surface area contributed by atoms with Crippen molar-refractivity contribution >= 4 is 5.91 Å². The molecule has 0 aromatic carbocycles. The molecule has 0 aromatic heterocycles. The van der Waals surface area contributed by atoms with Crippen LogP contribution in [0.15, 0.2) is 12.2 Å². The van der Waals surface area contributed by atoms with E-state index in [4.69, 9.17) is 14.6 Å². The smallest absolute Gasteiger partial charge is 0.243 e. The van der Waals surface area contributed by atoms with Crippen molar-refractivity contribution in [2.45, 2.75) is 70.7 Å². The van der Waals surface area contributed by atoms with Crippen molar-refractivity contribution in [2.24, 2.45) is 5.92 Å². The molecule has 140 valence electrons. The van der Waals surface area contributed by atoms with E-state index in [0.717, 1.165) is 0 Å². The maximum absolute atomic E-state index is 11.5. The minimum absolute atomic E-state index is 0.101. The van der Waals surface area contributed by atoms with Crippen LogP contribution in [-0.4, -0.2) is 65.1 Å². The van der Waals surface area contributed by atoms with Crippen LogP contribution in [0, 0.1) is 5.92 Å². The highest BCUT2D eigenvalue weighted by molar-refractivity contribution is 5.87. The molecule has 0 unspecified atom stereocenters. The Labute approximate surface area is 143 Å². The Morgan fingerprint density at radius 1 is 1.38 bits per heavy atom. The Morgan fingerprint density at radius 3 is 2.71 bits per heavy atom. The van der Waals surface area contributed by atoms with E-state index in [2.05, 4.69) is 5.32 Å². The van der Waals surface area contributed by atoms with Crippen LogP contribution >= 0.6 is 0 Å². The first-order chi connectivity index (χ1) is 11.3. The zero-order chi connectivity index (χ0) is 18.1. The monoisotopic (exact) mass is 345 g/mol. The van der Waals surface area contributed by atoms with Crippen LogP contribution in [0.1, 0.15) is 40.0 Å². The first-order valence-electron chi connectivity index (χ1n) is 8.55. The summed E-state index contributed by atoms with van der Waals surface area (Å²) < 4.78 is 11.1. The Morgan fingerprint density at radius 2 is 2.08 bits per heavy atom. The predicted molar refractivity (Wildman–Crippen MR) is 89.1 cm³/mol. The molecule has 0 bridgehead atoms. The standard InChI is InChI=1S/C17H31NO6/c1-11(2)9-18-15(21)7-5-4-6-12(3)23-16-8-13(20)17(22)14(10-19)24-16/h5,7,11-14,16-17,19-20,22H,4,6,8-10H2,1-3H3,(H,18,21)/b7-5+/t12-,13+,14+,16-,17-/m1/s1. The van der Waals surface area contributed by atoms with Crippen LogP contribution in [0.4, 0.5) is 0 Å². The molecule has 4 N–H and O–H groups in total. The first kappa shape index (κ1) is 21.1. The Hall–Kier alpha value is -0.990. The van der Waals surface area contributed by atoms with E-state index in [0.29, 0.717) is 25.3 Å². The summed E-state index contributed by atoms with van der Waals surface area (Å²) in [5, 5.41) is 31.3. The van der Waals surface area contributed by atoms with E-state index in [9.17, 15) is 15.0 Å². The zero-order valence-corrected chi connectivity index (χ0v) is 14.7. The van der Waals surface area contributed by atoms with Gasteiger partial charge in [-0.25, -0.2) is 0 Å². The molecular formula is C17H31NO6. The number of carbonyl (C=O) groups excluding carboxylic acids is 1. The van der Waals surface area contributed by atoms with Crippen LogP contribution in [0.3, 0.4) is 0 Å². The summed E-state index contributed by atoms with van der Waals surface area (Å²) in [5.74, 6) is 0.318. The van der Waals surface area contributed by atoms with Gasteiger partial charge in [-0.3, -0.25) is 4.79 Å². The van der Waals surface area contributed by atoms with Gasteiger partial charge in [-0.2, -0.15) is 0 Å². The lowest BCUT2D eigenvalue weighted by Gasteiger charge is -2.37. The quantitative estimate of drug-likeness (QED) is 0.449. The van der Waals surface area contributed by atoms with Crippen molar-refractivity contribution in [3.63, 3.8) is 0 Å². The molecule has 0 aliphatic carbocycles. The van der Waals surface area contributed by atoms with Gasteiger partial charge < -0.3 is 30.1 Å². The third-order valence-corrected chi connectivity index (χ3v) is 3.79. The largest absolute Gasteiger partial charge is 0.394 e. The second kappa shape index (κ2) is 10.8. The lowest BCUT2D eigenvalue weighted by atomic mass is 10.0. The molecule has 1 heterocycles. The summed E-state index contributed by atoms with van der Waals surface area (Å²) in [6.07, 6.45) is 1.14. The second-order valence-electron chi connectivity index (χ2n) is 6.65. The molecule has 1 aliphatic heterocycles. The maximum atomic E-state index is 11.5. The van der Waals surface area contributed by atoms with E-state index in [1.807, 2.05) is 20.8 Å². The number of aliphatic hydroxyl groups excluding tert-OH is 3. The van der Waals surface area contributed by atoms with E-state index >= 15 is 0 Å². The van der Waals surface area contributed by atoms with Crippen LogP contribution in [0.25, 0.3) is 0 Å². The fourth-order valence-corrected chi connectivity index (χ4v) is 2.37. The molecule has 1 aliphatic rings. The molecule has 0 radical (unpaired) electrons. The maximum Gasteiger partial charge on any atom is 0.243 e. The predicted octanol–water partition coefficient (Wildman–Crippen LogP) is 0.329. The Balaban J connectivity index is 2.26. The fraction of sp³-hybridized carbons (Fsp3) is 0.824. The van der Waals surface area contributed by atoms with Crippen molar-refractivity contribution in [3.8, 4) is 0 Å². The summed E-state index contributed by atoms with van der Waals surface area (Å²) in [6.45, 7) is 6.23. The minimum Gasteiger partial charge on any atom is -0.394 e. The van der Waals surface area contributed by atoms with Gasteiger partial charge in [0.05, 0.1) is 18.8 Å². The topological polar surface area (TPSA) is 108 Å². The van der Waals surface area contributed by atoms with Crippen molar-refractivity contribution in [3.05, 3.63) is 12.2 Å². The second-order valence-corrected chi connectivity index (χ2v) is 6.65. The van der Waals surface area contributed by atoms with Gasteiger partial charge in [-0.05, 0) is 31.8 Å². The average Bonchev–Trinajstić information content (AvgIpc) is 2.52. The number of amides is 1. The van der Waals surface area contributed by atoms with Gasteiger partial charge in [0, 0.05) is 13.0 Å². The molecular weight excluding hydrogens is 314 g/mol. The zero-order valence-electron chi connectivity index (χ0n) is 14.7. The molecule has 24 heavy (non-hydrogen) atoms.